The van der Waals surface area contributed by atoms with E-state index >= 15 is 0 Å². The standard InChI is InChI=1S/C10H7F5N2S/c1-3-2-18-10(16-3)17-9-7(14)5(12)4(11)6(13)8(9)15/h3H,2H2,1H3,(H,16,17). The molecule has 8 heteroatoms. The van der Waals surface area contributed by atoms with E-state index in [0.29, 0.717) is 5.75 Å². The van der Waals surface area contributed by atoms with Crippen LogP contribution in [-0.4, -0.2) is 17.0 Å². The van der Waals surface area contributed by atoms with Crippen molar-refractivity contribution in [2.75, 3.05) is 11.1 Å². The van der Waals surface area contributed by atoms with Crippen LogP contribution in [0.15, 0.2) is 4.99 Å². The predicted octanol–water partition coefficient (Wildman–Crippen LogP) is 3.29. The summed E-state index contributed by atoms with van der Waals surface area (Å²) in [5, 5.41) is 2.26. The molecular weight excluding hydrogens is 275 g/mol. The molecule has 2 rings (SSSR count). The highest BCUT2D eigenvalue weighted by atomic mass is 32.2. The first kappa shape index (κ1) is 13.1. The van der Waals surface area contributed by atoms with Crippen molar-refractivity contribution in [2.45, 2.75) is 13.0 Å². The Morgan fingerprint density at radius 1 is 1.00 bits per heavy atom. The Morgan fingerprint density at radius 3 is 1.94 bits per heavy atom. The Kier molecular flexibility index (Phi) is 3.47. The molecule has 1 aliphatic heterocycles. The van der Waals surface area contributed by atoms with Crippen LogP contribution in [0.4, 0.5) is 27.6 Å². The van der Waals surface area contributed by atoms with E-state index in [1.54, 1.807) is 6.92 Å². The Bertz CT molecular complexity index is 502. The summed E-state index contributed by atoms with van der Waals surface area (Å²) < 4.78 is 65.2. The van der Waals surface area contributed by atoms with Gasteiger partial charge in [-0.15, -0.1) is 0 Å². The van der Waals surface area contributed by atoms with Crippen LogP contribution in [0, 0.1) is 29.1 Å². The zero-order valence-electron chi connectivity index (χ0n) is 9.03. The van der Waals surface area contributed by atoms with Crippen LogP contribution >= 0.6 is 11.8 Å². The largest absolute Gasteiger partial charge is 0.330 e. The van der Waals surface area contributed by atoms with E-state index in [0.717, 1.165) is 11.8 Å². The molecule has 18 heavy (non-hydrogen) atoms. The normalized spacial score (nSPS) is 19.0. The van der Waals surface area contributed by atoms with Crippen molar-refractivity contribution in [1.29, 1.82) is 0 Å². The van der Waals surface area contributed by atoms with Crippen LogP contribution in [0.2, 0.25) is 0 Å². The average molecular weight is 282 g/mol. The fourth-order valence-electron chi connectivity index (χ4n) is 1.36. The molecule has 1 unspecified atom stereocenters. The van der Waals surface area contributed by atoms with Gasteiger partial charge in [-0.2, -0.15) is 0 Å². The smallest absolute Gasteiger partial charge is 0.200 e. The van der Waals surface area contributed by atoms with Gasteiger partial charge in [0.15, 0.2) is 28.4 Å². The highest BCUT2D eigenvalue weighted by Crippen LogP contribution is 2.29. The maximum absolute atomic E-state index is 13.3. The molecule has 98 valence electrons. The average Bonchev–Trinajstić information content (AvgIpc) is 2.75. The van der Waals surface area contributed by atoms with Gasteiger partial charge in [0.2, 0.25) is 5.82 Å². The van der Waals surface area contributed by atoms with Crippen LogP contribution in [0.3, 0.4) is 0 Å². The minimum Gasteiger partial charge on any atom is -0.330 e. The summed E-state index contributed by atoms with van der Waals surface area (Å²) in [7, 11) is 0. The fourth-order valence-corrected chi connectivity index (χ4v) is 2.27. The first-order valence-corrected chi connectivity index (χ1v) is 5.89. The van der Waals surface area contributed by atoms with Gasteiger partial charge in [-0.25, -0.2) is 22.0 Å². The van der Waals surface area contributed by atoms with Crippen LogP contribution in [0.25, 0.3) is 0 Å². The van der Waals surface area contributed by atoms with Gasteiger partial charge in [-0.1, -0.05) is 11.8 Å². The summed E-state index contributed by atoms with van der Waals surface area (Å²) >= 11 is 1.15. The second kappa shape index (κ2) is 4.75. The van der Waals surface area contributed by atoms with Crippen molar-refractivity contribution in [3.63, 3.8) is 0 Å². The summed E-state index contributed by atoms with van der Waals surface area (Å²) in [6.07, 6.45) is 0. The summed E-state index contributed by atoms with van der Waals surface area (Å²) in [5.74, 6) is -9.34. The van der Waals surface area contributed by atoms with Crippen molar-refractivity contribution in [2.24, 2.45) is 4.99 Å². The highest BCUT2D eigenvalue weighted by molar-refractivity contribution is 8.14. The SMILES string of the molecule is CC1CSC(Nc2c(F)c(F)c(F)c(F)c2F)=N1. The Morgan fingerprint density at radius 2 is 1.50 bits per heavy atom. The number of thioether (sulfide) groups is 1. The lowest BCUT2D eigenvalue weighted by Crippen LogP contribution is -2.13. The van der Waals surface area contributed by atoms with Crippen molar-refractivity contribution >= 4 is 22.6 Å². The molecule has 2 nitrogen and oxygen atoms in total. The van der Waals surface area contributed by atoms with Gasteiger partial charge in [0.1, 0.15) is 5.69 Å². The number of hydrogen-bond donors (Lipinski definition) is 1. The molecule has 0 saturated carbocycles. The lowest BCUT2D eigenvalue weighted by Gasteiger charge is -2.09. The van der Waals surface area contributed by atoms with Gasteiger partial charge in [0.05, 0.1) is 6.04 Å². The molecule has 0 aliphatic carbocycles. The quantitative estimate of drug-likeness (QED) is 0.485. The van der Waals surface area contributed by atoms with Crippen molar-refractivity contribution < 1.29 is 22.0 Å². The van der Waals surface area contributed by atoms with E-state index in [-0.39, 0.29) is 11.2 Å². The number of rotatable bonds is 1. The second-order valence-electron chi connectivity index (χ2n) is 3.66. The summed E-state index contributed by atoms with van der Waals surface area (Å²) in [5.41, 5.74) is -1.08. The molecule has 1 aromatic carbocycles. The Balaban J connectivity index is 2.42. The second-order valence-corrected chi connectivity index (χ2v) is 4.67. The van der Waals surface area contributed by atoms with Crippen LogP contribution in [-0.2, 0) is 0 Å². The zero-order valence-corrected chi connectivity index (χ0v) is 9.85. The molecule has 0 spiro atoms. The van der Waals surface area contributed by atoms with Crippen LogP contribution in [0.1, 0.15) is 6.92 Å². The predicted molar refractivity (Wildman–Crippen MR) is 59.2 cm³/mol. The minimum atomic E-state index is -2.18. The Labute approximate surface area is 103 Å². The van der Waals surface area contributed by atoms with Gasteiger partial charge in [0.25, 0.3) is 0 Å². The summed E-state index contributed by atoms with van der Waals surface area (Å²) in [4.78, 5) is 3.94. The number of benzene rings is 1. The van der Waals surface area contributed by atoms with Gasteiger partial charge < -0.3 is 5.32 Å². The first-order chi connectivity index (χ1) is 8.41. The number of nitrogens with zero attached hydrogens (tertiary/aromatic N) is 1. The number of amidine groups is 1. The van der Waals surface area contributed by atoms with E-state index in [4.69, 9.17) is 0 Å². The van der Waals surface area contributed by atoms with E-state index in [1.807, 2.05) is 0 Å². The third-order valence-corrected chi connectivity index (χ3v) is 3.37. The van der Waals surface area contributed by atoms with Gasteiger partial charge in [0, 0.05) is 5.75 Å². The molecule has 0 amide bonds. The van der Waals surface area contributed by atoms with Crippen molar-refractivity contribution in [1.82, 2.24) is 0 Å². The lowest BCUT2D eigenvalue weighted by molar-refractivity contribution is 0.382. The van der Waals surface area contributed by atoms with Crippen LogP contribution < -0.4 is 5.32 Å². The maximum Gasteiger partial charge on any atom is 0.200 e. The maximum atomic E-state index is 13.3. The minimum absolute atomic E-state index is 0.0706. The highest BCUT2D eigenvalue weighted by Gasteiger charge is 2.27. The monoisotopic (exact) mass is 282 g/mol. The van der Waals surface area contributed by atoms with Gasteiger partial charge >= 0.3 is 0 Å². The van der Waals surface area contributed by atoms with Crippen molar-refractivity contribution in [3.05, 3.63) is 29.1 Å². The first-order valence-electron chi connectivity index (χ1n) is 4.91. The zero-order chi connectivity index (χ0) is 13.4. The van der Waals surface area contributed by atoms with Gasteiger partial charge in [-0.05, 0) is 6.92 Å². The fraction of sp³-hybridized carbons (Fsp3) is 0.300. The molecule has 0 saturated heterocycles. The lowest BCUT2D eigenvalue weighted by atomic mass is 10.2. The number of halogens is 5. The van der Waals surface area contributed by atoms with Crippen molar-refractivity contribution in [3.8, 4) is 0 Å². The van der Waals surface area contributed by atoms with E-state index in [2.05, 4.69) is 10.3 Å². The number of hydrogen-bond acceptors (Lipinski definition) is 3. The molecule has 1 aliphatic rings. The number of aliphatic imine (C=N–C) groups is 1. The molecule has 0 aromatic heterocycles. The molecule has 0 bridgehead atoms. The Hall–Kier alpha value is -1.31. The third kappa shape index (κ3) is 2.16. The van der Waals surface area contributed by atoms with Gasteiger partial charge in [-0.3, -0.25) is 4.99 Å². The molecule has 0 fully saturated rings. The van der Waals surface area contributed by atoms with E-state index in [9.17, 15) is 22.0 Å². The topological polar surface area (TPSA) is 24.4 Å². The molecule has 1 N–H and O–H groups in total. The van der Waals surface area contributed by atoms with E-state index < -0.39 is 34.8 Å². The third-order valence-electron chi connectivity index (χ3n) is 2.24. The molecular formula is C10H7F5N2S. The summed E-state index contributed by atoms with van der Waals surface area (Å²) in [6, 6.07) is -0.0706. The van der Waals surface area contributed by atoms with Crippen LogP contribution in [0.5, 0.6) is 0 Å². The number of nitrogens with one attached hydrogen (secondary N) is 1. The molecule has 1 heterocycles. The number of anilines is 1. The molecule has 0 radical (unpaired) electrons. The molecule has 1 atom stereocenters. The van der Waals surface area contributed by atoms with E-state index in [1.165, 1.54) is 0 Å². The molecule has 1 aromatic rings. The summed E-state index contributed by atoms with van der Waals surface area (Å²) in [6.45, 7) is 1.76.